The number of carbonyl (C=O) groups excluding carboxylic acids is 2. The van der Waals surface area contributed by atoms with Gasteiger partial charge in [0.05, 0.1) is 23.4 Å². The van der Waals surface area contributed by atoms with Gasteiger partial charge in [0.15, 0.2) is 0 Å². The molecule has 0 saturated heterocycles. The summed E-state index contributed by atoms with van der Waals surface area (Å²) in [4.78, 5) is 32.1. The van der Waals surface area contributed by atoms with Gasteiger partial charge < -0.3 is 20.6 Å². The smallest absolute Gasteiger partial charge is 0.318 e. The Bertz CT molecular complexity index is 1150. The maximum absolute atomic E-state index is 13.1. The van der Waals surface area contributed by atoms with Crippen molar-refractivity contribution in [2.45, 2.75) is 85.0 Å². The van der Waals surface area contributed by atoms with Crippen LogP contribution in [0.1, 0.15) is 68.8 Å². The number of rotatable bonds is 11. The number of aliphatic hydroxyl groups excluding tert-OH is 1. The molecule has 0 saturated carbocycles. The van der Waals surface area contributed by atoms with Crippen LogP contribution in [0.5, 0.6) is 0 Å². The normalized spacial score (nSPS) is 13.2. The molecule has 1 heterocycles. The second-order valence-electron chi connectivity index (χ2n) is 11.0. The van der Waals surface area contributed by atoms with Crippen molar-refractivity contribution in [1.82, 2.24) is 20.5 Å². The summed E-state index contributed by atoms with van der Waals surface area (Å²) in [7, 11) is 1.70. The maximum Gasteiger partial charge on any atom is 0.318 e. The van der Waals surface area contributed by atoms with E-state index in [0.29, 0.717) is 25.3 Å². The van der Waals surface area contributed by atoms with Gasteiger partial charge in [-0.1, -0.05) is 93.9 Å². The van der Waals surface area contributed by atoms with Crippen LogP contribution >= 0.6 is 11.3 Å². The van der Waals surface area contributed by atoms with Gasteiger partial charge in [-0.15, -0.1) is 11.3 Å². The molecule has 0 spiro atoms. The third kappa shape index (κ3) is 11.9. The Labute approximate surface area is 244 Å². The molecule has 2 aromatic carbocycles. The predicted octanol–water partition coefficient (Wildman–Crippen LogP) is 5.93. The summed E-state index contributed by atoms with van der Waals surface area (Å²) in [6.07, 6.45) is 0.491. The topological polar surface area (TPSA) is 94.6 Å². The Hall–Kier alpha value is -3.23. The second-order valence-corrected chi connectivity index (χ2v) is 11.9. The Morgan fingerprint density at radius 2 is 1.55 bits per heavy atom. The fourth-order valence-corrected chi connectivity index (χ4v) is 4.91. The molecule has 3 amide bonds. The number of amides is 3. The highest BCUT2D eigenvalue weighted by molar-refractivity contribution is 7.09. The van der Waals surface area contributed by atoms with E-state index >= 15 is 0 Å². The number of urea groups is 1. The Balaban J connectivity index is 0.000000693. The second kappa shape index (κ2) is 16.8. The van der Waals surface area contributed by atoms with E-state index in [0.717, 1.165) is 16.3 Å². The fourth-order valence-electron chi connectivity index (χ4n) is 4.08. The van der Waals surface area contributed by atoms with E-state index in [2.05, 4.69) is 48.5 Å². The van der Waals surface area contributed by atoms with Crippen LogP contribution in [0.25, 0.3) is 0 Å². The number of hydrogen-bond donors (Lipinski definition) is 3. The molecule has 0 radical (unpaired) electrons. The minimum Gasteiger partial charge on any atom is -0.393 e. The van der Waals surface area contributed by atoms with E-state index in [1.54, 1.807) is 30.2 Å². The average molecular weight is 567 g/mol. The van der Waals surface area contributed by atoms with E-state index in [-0.39, 0.29) is 23.9 Å². The van der Waals surface area contributed by atoms with Crippen LogP contribution in [0.15, 0.2) is 66.0 Å². The summed E-state index contributed by atoms with van der Waals surface area (Å²) < 4.78 is 0. The first kappa shape index (κ1) is 33.0. The van der Waals surface area contributed by atoms with Gasteiger partial charge in [-0.25, -0.2) is 9.78 Å². The standard InChI is InChI=1S/C25H38N4O3S.C7H8/c1-16(2)22(28-25(32)29(6)14-21-15-33-24(27-21)17(3)4)23(31)26-20(12-18(5)30)13-19-10-8-7-9-11-19;1-7-5-3-2-4-6-7/h7-11,15-18,20,22,30H,12-14H2,1-6H3,(H,26,31)(H,28,32);2-6H,1H3/t18-,20-,22?;/m1./s1. The van der Waals surface area contributed by atoms with Crippen molar-refractivity contribution in [2.75, 3.05) is 7.05 Å². The zero-order valence-corrected chi connectivity index (χ0v) is 25.7. The Kier molecular flexibility index (Phi) is 13.8. The molecule has 7 nitrogen and oxygen atoms in total. The number of nitrogens with zero attached hydrogens (tertiary/aromatic N) is 2. The van der Waals surface area contributed by atoms with Crippen molar-refractivity contribution in [3.63, 3.8) is 0 Å². The lowest BCUT2D eigenvalue weighted by Crippen LogP contribution is -2.55. The van der Waals surface area contributed by atoms with Crippen molar-refractivity contribution in [2.24, 2.45) is 5.92 Å². The molecule has 0 aliphatic carbocycles. The molecule has 1 aromatic heterocycles. The molecule has 3 aromatic rings. The first-order chi connectivity index (χ1) is 19.0. The number of nitrogens with one attached hydrogen (secondary N) is 2. The summed E-state index contributed by atoms with van der Waals surface area (Å²) in [6.45, 7) is 12.2. The summed E-state index contributed by atoms with van der Waals surface area (Å²) >= 11 is 1.59. The quantitative estimate of drug-likeness (QED) is 0.268. The molecule has 3 N–H and O–H groups in total. The van der Waals surface area contributed by atoms with Gasteiger partial charge in [0.25, 0.3) is 0 Å². The van der Waals surface area contributed by atoms with Gasteiger partial charge in [0.1, 0.15) is 6.04 Å². The first-order valence-electron chi connectivity index (χ1n) is 14.0. The molecule has 0 fully saturated rings. The minimum atomic E-state index is -0.686. The van der Waals surface area contributed by atoms with Crippen molar-refractivity contribution < 1.29 is 14.7 Å². The molecule has 3 rings (SSSR count). The number of benzene rings is 2. The number of aryl methyl sites for hydroxylation is 1. The molecule has 218 valence electrons. The van der Waals surface area contributed by atoms with Crippen molar-refractivity contribution in [3.8, 4) is 0 Å². The molecule has 0 aliphatic rings. The van der Waals surface area contributed by atoms with Gasteiger partial charge in [0, 0.05) is 24.4 Å². The maximum atomic E-state index is 13.1. The van der Waals surface area contributed by atoms with Crippen LogP contribution in [0.4, 0.5) is 4.79 Å². The molecular formula is C32H46N4O3S. The van der Waals surface area contributed by atoms with Gasteiger partial charge in [-0.3, -0.25) is 4.79 Å². The zero-order chi connectivity index (χ0) is 29.7. The largest absolute Gasteiger partial charge is 0.393 e. The number of thiazole rings is 1. The monoisotopic (exact) mass is 566 g/mol. The summed E-state index contributed by atoms with van der Waals surface area (Å²) in [5.74, 6) is 0.00421. The Morgan fingerprint density at radius 3 is 2.02 bits per heavy atom. The van der Waals surface area contributed by atoms with Gasteiger partial charge in [0.2, 0.25) is 5.91 Å². The SMILES string of the molecule is CC(C)c1nc(CN(C)C(=O)NC(C(=O)N[C@@H](Cc2ccccc2)C[C@@H](C)O)C(C)C)cs1.Cc1ccccc1. The molecule has 0 bridgehead atoms. The highest BCUT2D eigenvalue weighted by atomic mass is 32.1. The molecule has 3 atom stereocenters. The predicted molar refractivity (Wildman–Crippen MR) is 164 cm³/mol. The zero-order valence-electron chi connectivity index (χ0n) is 24.9. The van der Waals surface area contributed by atoms with Crippen LogP contribution < -0.4 is 10.6 Å². The third-order valence-corrected chi connectivity index (χ3v) is 7.47. The van der Waals surface area contributed by atoms with Crippen molar-refractivity contribution >= 4 is 23.3 Å². The van der Waals surface area contributed by atoms with E-state index in [4.69, 9.17) is 0 Å². The van der Waals surface area contributed by atoms with Crippen molar-refractivity contribution in [1.29, 1.82) is 0 Å². The number of hydrogen-bond acceptors (Lipinski definition) is 5. The molecule has 1 unspecified atom stereocenters. The number of aromatic nitrogens is 1. The summed E-state index contributed by atoms with van der Waals surface area (Å²) in [6, 6.07) is 18.9. The molecule has 40 heavy (non-hydrogen) atoms. The van der Waals surface area contributed by atoms with Crippen LogP contribution in [-0.2, 0) is 17.8 Å². The lowest BCUT2D eigenvalue weighted by molar-refractivity contribution is -0.124. The van der Waals surface area contributed by atoms with Crippen LogP contribution in [0.2, 0.25) is 0 Å². The van der Waals surface area contributed by atoms with E-state index < -0.39 is 12.1 Å². The van der Waals surface area contributed by atoms with Gasteiger partial charge in [-0.2, -0.15) is 0 Å². The van der Waals surface area contributed by atoms with Crippen LogP contribution in [0, 0.1) is 12.8 Å². The highest BCUT2D eigenvalue weighted by Crippen LogP contribution is 2.20. The summed E-state index contributed by atoms with van der Waals surface area (Å²) in [5, 5.41) is 18.9. The Morgan fingerprint density at radius 1 is 0.950 bits per heavy atom. The van der Waals surface area contributed by atoms with Gasteiger partial charge >= 0.3 is 6.03 Å². The minimum absolute atomic E-state index is 0.0990. The first-order valence-corrected chi connectivity index (χ1v) is 14.8. The van der Waals surface area contributed by atoms with E-state index in [9.17, 15) is 14.7 Å². The highest BCUT2D eigenvalue weighted by Gasteiger charge is 2.28. The number of aliphatic hydroxyl groups is 1. The molecule has 8 heteroatoms. The summed E-state index contributed by atoms with van der Waals surface area (Å²) in [5.41, 5.74) is 3.24. The van der Waals surface area contributed by atoms with Crippen LogP contribution in [-0.4, -0.2) is 52.2 Å². The average Bonchev–Trinajstić information content (AvgIpc) is 3.36. The lowest BCUT2D eigenvalue weighted by atomic mass is 9.98. The van der Waals surface area contributed by atoms with E-state index in [1.165, 1.54) is 5.56 Å². The van der Waals surface area contributed by atoms with Gasteiger partial charge in [-0.05, 0) is 38.2 Å². The van der Waals surface area contributed by atoms with E-state index in [1.807, 2.05) is 67.8 Å². The third-order valence-electron chi connectivity index (χ3n) is 6.27. The lowest BCUT2D eigenvalue weighted by Gasteiger charge is -2.28. The number of carbonyl (C=O) groups is 2. The van der Waals surface area contributed by atoms with Crippen molar-refractivity contribution in [3.05, 3.63) is 87.9 Å². The fraction of sp³-hybridized carbons (Fsp3) is 0.469. The molecular weight excluding hydrogens is 520 g/mol. The van der Waals surface area contributed by atoms with Crippen LogP contribution in [0.3, 0.4) is 0 Å². The molecule has 0 aliphatic heterocycles.